The Balaban J connectivity index is 2.34. The van der Waals surface area contributed by atoms with Gasteiger partial charge in [0.15, 0.2) is 0 Å². The maximum absolute atomic E-state index is 12.8. The molecule has 0 amide bonds. The Bertz CT molecular complexity index is 673. The highest BCUT2D eigenvalue weighted by molar-refractivity contribution is 7.99. The Morgan fingerprint density at radius 1 is 1.15 bits per heavy atom. The van der Waals surface area contributed by atoms with Gasteiger partial charge in [-0.3, -0.25) is 10.1 Å². The topological polar surface area (TPSA) is 80.4 Å². The highest BCUT2D eigenvalue weighted by atomic mass is 32.2. The number of nitro groups is 1. The van der Waals surface area contributed by atoms with E-state index in [0.717, 1.165) is 6.07 Å². The van der Waals surface area contributed by atoms with Crippen LogP contribution in [0.4, 0.5) is 10.1 Å². The molecule has 0 spiro atoms. The summed E-state index contributed by atoms with van der Waals surface area (Å²) in [5.41, 5.74) is -0.830. The highest BCUT2D eigenvalue weighted by Crippen LogP contribution is 2.31. The van der Waals surface area contributed by atoms with Crippen molar-refractivity contribution in [3.63, 3.8) is 0 Å². The minimum absolute atomic E-state index is 0.371. The van der Waals surface area contributed by atoms with Crippen LogP contribution in [0.2, 0.25) is 0 Å². The Hall–Kier alpha value is -2.41. The summed E-state index contributed by atoms with van der Waals surface area (Å²) in [6.07, 6.45) is 0. The molecule has 0 saturated heterocycles. The third kappa shape index (κ3) is 3.12. The molecule has 20 heavy (non-hydrogen) atoms. The van der Waals surface area contributed by atoms with Crippen LogP contribution in [-0.4, -0.2) is 16.0 Å². The van der Waals surface area contributed by atoms with Crippen LogP contribution in [0.5, 0.6) is 0 Å². The van der Waals surface area contributed by atoms with E-state index in [-0.39, 0.29) is 11.4 Å². The lowest BCUT2D eigenvalue weighted by Gasteiger charge is -2.04. The van der Waals surface area contributed by atoms with Crippen LogP contribution in [0.3, 0.4) is 0 Å². The molecule has 2 aromatic carbocycles. The maximum atomic E-state index is 12.8. The van der Waals surface area contributed by atoms with E-state index < -0.39 is 16.6 Å². The van der Waals surface area contributed by atoms with E-state index in [4.69, 9.17) is 5.11 Å². The van der Waals surface area contributed by atoms with E-state index in [1.165, 1.54) is 36.0 Å². The van der Waals surface area contributed by atoms with Gasteiger partial charge < -0.3 is 5.11 Å². The summed E-state index contributed by atoms with van der Waals surface area (Å²) in [5.74, 6) is -1.73. The van der Waals surface area contributed by atoms with Crippen molar-refractivity contribution >= 4 is 23.4 Å². The molecular formula is C13H8FNO4S. The molecule has 5 nitrogen and oxygen atoms in total. The lowest BCUT2D eigenvalue weighted by Crippen LogP contribution is -2.02. The molecule has 2 rings (SSSR count). The van der Waals surface area contributed by atoms with Crippen molar-refractivity contribution < 1.29 is 19.2 Å². The van der Waals surface area contributed by atoms with Gasteiger partial charge in [0, 0.05) is 15.9 Å². The zero-order chi connectivity index (χ0) is 14.7. The molecule has 0 heterocycles. The van der Waals surface area contributed by atoms with Crippen LogP contribution >= 0.6 is 11.8 Å². The molecule has 1 N–H and O–H groups in total. The Labute approximate surface area is 117 Å². The van der Waals surface area contributed by atoms with Gasteiger partial charge in [0.25, 0.3) is 5.69 Å². The third-order valence-electron chi connectivity index (χ3n) is 2.44. The van der Waals surface area contributed by atoms with Gasteiger partial charge in [-0.25, -0.2) is 9.18 Å². The van der Waals surface area contributed by atoms with Gasteiger partial charge >= 0.3 is 5.97 Å². The Kier molecular flexibility index (Phi) is 3.99. The van der Waals surface area contributed by atoms with Crippen molar-refractivity contribution in [1.29, 1.82) is 0 Å². The van der Waals surface area contributed by atoms with Crippen molar-refractivity contribution in [2.24, 2.45) is 0 Å². The van der Waals surface area contributed by atoms with Crippen molar-refractivity contribution in [2.75, 3.05) is 0 Å². The van der Waals surface area contributed by atoms with E-state index in [2.05, 4.69) is 0 Å². The van der Waals surface area contributed by atoms with Gasteiger partial charge in [-0.1, -0.05) is 11.8 Å². The van der Waals surface area contributed by atoms with E-state index >= 15 is 0 Å². The number of hydrogen-bond donors (Lipinski definition) is 1. The smallest absolute Gasteiger partial charge is 0.342 e. The van der Waals surface area contributed by atoms with E-state index in [1.54, 1.807) is 12.1 Å². The fourth-order valence-electron chi connectivity index (χ4n) is 1.55. The average Bonchev–Trinajstić information content (AvgIpc) is 2.41. The summed E-state index contributed by atoms with van der Waals surface area (Å²) in [6.45, 7) is 0. The summed E-state index contributed by atoms with van der Waals surface area (Å²) < 4.78 is 12.8. The molecule has 0 atom stereocenters. The van der Waals surface area contributed by atoms with Crippen LogP contribution in [0, 0.1) is 15.9 Å². The minimum atomic E-state index is -1.36. The quantitative estimate of drug-likeness (QED) is 0.688. The second-order valence-corrected chi connectivity index (χ2v) is 4.94. The summed E-state index contributed by atoms with van der Waals surface area (Å²) in [4.78, 5) is 22.2. The number of rotatable bonds is 4. The van der Waals surface area contributed by atoms with Gasteiger partial charge in [-0.2, -0.15) is 0 Å². The van der Waals surface area contributed by atoms with Gasteiger partial charge in [-0.15, -0.1) is 0 Å². The number of hydrogen-bond acceptors (Lipinski definition) is 4. The van der Waals surface area contributed by atoms with Crippen molar-refractivity contribution in [3.05, 3.63) is 64.0 Å². The van der Waals surface area contributed by atoms with E-state index in [0.29, 0.717) is 9.79 Å². The number of nitro benzene ring substituents is 1. The summed E-state index contributed by atoms with van der Waals surface area (Å²) in [5, 5.41) is 19.7. The molecule has 0 aliphatic rings. The number of carboxylic acid groups (broad SMARTS) is 1. The van der Waals surface area contributed by atoms with E-state index in [1.807, 2.05) is 0 Å². The SMILES string of the molecule is O=C(O)c1cc(Sc2ccc(F)cc2)ccc1[N+](=O)[O-]. The molecule has 0 saturated carbocycles. The molecule has 0 unspecified atom stereocenters. The second kappa shape index (κ2) is 5.70. The molecular weight excluding hydrogens is 285 g/mol. The molecule has 0 fully saturated rings. The number of nitrogens with zero attached hydrogens (tertiary/aromatic N) is 1. The van der Waals surface area contributed by atoms with Gasteiger partial charge in [0.1, 0.15) is 11.4 Å². The molecule has 7 heteroatoms. The van der Waals surface area contributed by atoms with Crippen LogP contribution in [0.1, 0.15) is 10.4 Å². The lowest BCUT2D eigenvalue weighted by atomic mass is 10.2. The molecule has 102 valence electrons. The number of benzene rings is 2. The molecule has 2 aromatic rings. The van der Waals surface area contributed by atoms with Crippen LogP contribution in [0.25, 0.3) is 0 Å². The number of aromatic carboxylic acids is 1. The fraction of sp³-hybridized carbons (Fsp3) is 0. The van der Waals surface area contributed by atoms with E-state index in [9.17, 15) is 19.3 Å². The van der Waals surface area contributed by atoms with Crippen molar-refractivity contribution in [3.8, 4) is 0 Å². The standard InChI is InChI=1S/C13H8FNO4S/c14-8-1-3-9(4-2-8)20-10-5-6-12(15(18)19)11(7-10)13(16)17/h1-7H,(H,16,17). The lowest BCUT2D eigenvalue weighted by molar-refractivity contribution is -0.385. The highest BCUT2D eigenvalue weighted by Gasteiger charge is 2.20. The monoisotopic (exact) mass is 293 g/mol. The van der Waals surface area contributed by atoms with Crippen LogP contribution < -0.4 is 0 Å². The molecule has 0 radical (unpaired) electrons. The second-order valence-electron chi connectivity index (χ2n) is 3.80. The summed E-state index contributed by atoms with van der Waals surface area (Å²) in [6, 6.07) is 9.49. The summed E-state index contributed by atoms with van der Waals surface area (Å²) >= 11 is 1.20. The summed E-state index contributed by atoms with van der Waals surface area (Å²) in [7, 11) is 0. The Morgan fingerprint density at radius 2 is 1.75 bits per heavy atom. The predicted molar refractivity (Wildman–Crippen MR) is 70.6 cm³/mol. The van der Waals surface area contributed by atoms with Crippen LogP contribution in [-0.2, 0) is 0 Å². The average molecular weight is 293 g/mol. The molecule has 0 aliphatic carbocycles. The maximum Gasteiger partial charge on any atom is 0.342 e. The molecule has 0 aromatic heterocycles. The van der Waals surface area contributed by atoms with Gasteiger partial charge in [-0.05, 0) is 36.4 Å². The predicted octanol–water partition coefficient (Wildman–Crippen LogP) is 3.58. The first-order valence-electron chi connectivity index (χ1n) is 5.42. The van der Waals surface area contributed by atoms with Crippen molar-refractivity contribution in [2.45, 2.75) is 9.79 Å². The third-order valence-corrected chi connectivity index (χ3v) is 3.44. The van der Waals surface area contributed by atoms with Gasteiger partial charge in [0.05, 0.1) is 4.92 Å². The zero-order valence-corrected chi connectivity index (χ0v) is 10.8. The molecule has 0 bridgehead atoms. The first-order chi connectivity index (χ1) is 9.47. The largest absolute Gasteiger partial charge is 0.477 e. The minimum Gasteiger partial charge on any atom is -0.477 e. The van der Waals surface area contributed by atoms with Crippen molar-refractivity contribution in [1.82, 2.24) is 0 Å². The fourth-order valence-corrected chi connectivity index (χ4v) is 2.41. The number of carboxylic acids is 1. The number of halogens is 1. The first-order valence-corrected chi connectivity index (χ1v) is 6.24. The van der Waals surface area contributed by atoms with Crippen LogP contribution in [0.15, 0.2) is 52.3 Å². The molecule has 0 aliphatic heterocycles. The Morgan fingerprint density at radius 3 is 2.30 bits per heavy atom. The zero-order valence-electron chi connectivity index (χ0n) is 9.95. The normalized spacial score (nSPS) is 10.2. The number of carbonyl (C=O) groups is 1. The van der Waals surface area contributed by atoms with Gasteiger partial charge in [0.2, 0.25) is 0 Å². The first kappa shape index (κ1) is 14.0.